The van der Waals surface area contributed by atoms with Gasteiger partial charge in [0.15, 0.2) is 11.4 Å². The van der Waals surface area contributed by atoms with Crippen LogP contribution in [0.4, 0.5) is 10.5 Å². The molecule has 4 unspecified atom stereocenters. The standard InChI is InChI=1S/C30H33N5O4S/c1-20-26(18-40-30-34-32-19-35(30)2)38-28(39-27(20)23-10-8-22(17-36)9-11-23)24-12-14-25(15-13-24)33-29(37)31-16-21-6-4-3-5-7-21/h3-15,19-20,26-28,36H,16-18H2,1-2H3,(H2,31,33,37). The van der Waals surface area contributed by atoms with E-state index in [1.807, 2.05) is 90.5 Å². The molecular weight excluding hydrogens is 526 g/mol. The predicted molar refractivity (Wildman–Crippen MR) is 153 cm³/mol. The fourth-order valence-corrected chi connectivity index (χ4v) is 5.60. The summed E-state index contributed by atoms with van der Waals surface area (Å²) >= 11 is 1.60. The number of aromatic nitrogens is 3. The molecule has 2 amide bonds. The number of aryl methyl sites for hydroxylation is 1. The second-order valence-electron chi connectivity index (χ2n) is 9.77. The van der Waals surface area contributed by atoms with Gasteiger partial charge in [0.1, 0.15) is 6.33 Å². The van der Waals surface area contributed by atoms with Crippen molar-refractivity contribution in [1.29, 1.82) is 0 Å². The van der Waals surface area contributed by atoms with Crippen molar-refractivity contribution < 1.29 is 19.4 Å². The Balaban J connectivity index is 1.28. The molecule has 0 bridgehead atoms. The van der Waals surface area contributed by atoms with E-state index in [2.05, 4.69) is 27.8 Å². The Hall–Kier alpha value is -3.70. The average Bonchev–Trinajstić information content (AvgIpc) is 3.41. The van der Waals surface area contributed by atoms with Crippen molar-refractivity contribution in [2.24, 2.45) is 13.0 Å². The SMILES string of the molecule is CC1C(CSc2nncn2C)OC(c2ccc(NC(=O)NCc3ccccc3)cc2)OC1c1ccc(CO)cc1. The average molecular weight is 560 g/mol. The molecule has 0 aliphatic carbocycles. The number of nitrogens with zero attached hydrogens (tertiary/aromatic N) is 3. The van der Waals surface area contributed by atoms with Crippen LogP contribution in [0.1, 0.15) is 41.6 Å². The van der Waals surface area contributed by atoms with E-state index in [0.717, 1.165) is 27.4 Å². The summed E-state index contributed by atoms with van der Waals surface area (Å²) in [6.45, 7) is 2.57. The van der Waals surface area contributed by atoms with Crippen molar-refractivity contribution in [1.82, 2.24) is 20.1 Å². The topological polar surface area (TPSA) is 111 Å². The summed E-state index contributed by atoms with van der Waals surface area (Å²) in [5.41, 5.74) is 4.43. The van der Waals surface area contributed by atoms with Crippen molar-refractivity contribution in [2.45, 2.75) is 43.7 Å². The molecule has 208 valence electrons. The molecule has 4 aromatic rings. The molecule has 1 aromatic heterocycles. The minimum Gasteiger partial charge on any atom is -0.392 e. The van der Waals surface area contributed by atoms with Gasteiger partial charge in [-0.15, -0.1) is 10.2 Å². The van der Waals surface area contributed by atoms with Gasteiger partial charge in [-0.25, -0.2) is 4.79 Å². The van der Waals surface area contributed by atoms with Crippen molar-refractivity contribution in [3.8, 4) is 0 Å². The van der Waals surface area contributed by atoms with Gasteiger partial charge in [-0.3, -0.25) is 0 Å². The van der Waals surface area contributed by atoms with Crippen LogP contribution in [0.25, 0.3) is 0 Å². The number of benzene rings is 3. The molecule has 10 heteroatoms. The number of rotatable bonds is 9. The number of nitrogens with one attached hydrogen (secondary N) is 2. The first-order chi connectivity index (χ1) is 19.5. The maximum absolute atomic E-state index is 12.4. The molecule has 9 nitrogen and oxygen atoms in total. The first kappa shape index (κ1) is 27.9. The van der Waals surface area contributed by atoms with E-state index in [-0.39, 0.29) is 30.8 Å². The smallest absolute Gasteiger partial charge is 0.319 e. The highest BCUT2D eigenvalue weighted by Gasteiger charge is 2.38. The highest BCUT2D eigenvalue weighted by molar-refractivity contribution is 7.99. The highest BCUT2D eigenvalue weighted by atomic mass is 32.2. The van der Waals surface area contributed by atoms with Crippen LogP contribution in [0, 0.1) is 5.92 Å². The van der Waals surface area contributed by atoms with E-state index in [1.54, 1.807) is 18.1 Å². The monoisotopic (exact) mass is 559 g/mol. The number of anilines is 1. The Labute approximate surface area is 237 Å². The van der Waals surface area contributed by atoms with E-state index in [1.165, 1.54) is 0 Å². The zero-order valence-electron chi connectivity index (χ0n) is 22.4. The molecular formula is C30H33N5O4S. The van der Waals surface area contributed by atoms with Gasteiger partial charge in [-0.1, -0.05) is 85.4 Å². The van der Waals surface area contributed by atoms with Gasteiger partial charge < -0.3 is 29.8 Å². The molecule has 5 rings (SSSR count). The molecule has 1 aliphatic rings. The quantitative estimate of drug-likeness (QED) is 0.241. The lowest BCUT2D eigenvalue weighted by Gasteiger charge is -2.41. The Morgan fingerprint density at radius 3 is 2.38 bits per heavy atom. The number of aliphatic hydroxyl groups excluding tert-OH is 1. The van der Waals surface area contributed by atoms with Crippen LogP contribution >= 0.6 is 11.8 Å². The van der Waals surface area contributed by atoms with Gasteiger partial charge in [-0.05, 0) is 28.8 Å². The second kappa shape index (κ2) is 13.1. The Morgan fingerprint density at radius 1 is 0.975 bits per heavy atom. The number of aliphatic hydroxyl groups is 1. The van der Waals surface area contributed by atoms with E-state index in [9.17, 15) is 9.90 Å². The fourth-order valence-electron chi connectivity index (χ4n) is 4.55. The Morgan fingerprint density at radius 2 is 1.70 bits per heavy atom. The predicted octanol–water partition coefficient (Wildman–Crippen LogP) is 5.21. The van der Waals surface area contributed by atoms with Crippen LogP contribution in [0.2, 0.25) is 0 Å². The summed E-state index contributed by atoms with van der Waals surface area (Å²) in [5, 5.41) is 24.2. The number of carbonyl (C=O) groups excluding carboxylic acids is 1. The van der Waals surface area contributed by atoms with Gasteiger partial charge in [0, 0.05) is 36.5 Å². The highest BCUT2D eigenvalue weighted by Crippen LogP contribution is 2.43. The molecule has 3 N–H and O–H groups in total. The lowest BCUT2D eigenvalue weighted by molar-refractivity contribution is -0.268. The zero-order valence-corrected chi connectivity index (χ0v) is 23.3. The molecule has 1 fully saturated rings. The minimum atomic E-state index is -0.593. The molecule has 0 radical (unpaired) electrons. The number of hydrogen-bond acceptors (Lipinski definition) is 7. The number of carbonyl (C=O) groups is 1. The largest absolute Gasteiger partial charge is 0.392 e. The van der Waals surface area contributed by atoms with Crippen LogP contribution < -0.4 is 10.6 Å². The maximum atomic E-state index is 12.4. The molecule has 40 heavy (non-hydrogen) atoms. The van der Waals surface area contributed by atoms with Gasteiger partial charge in [0.25, 0.3) is 0 Å². The Bertz CT molecular complexity index is 1380. The third-order valence-corrected chi connectivity index (χ3v) is 8.03. The zero-order chi connectivity index (χ0) is 27.9. The first-order valence-electron chi connectivity index (χ1n) is 13.2. The fraction of sp³-hybridized carbons (Fsp3) is 0.300. The van der Waals surface area contributed by atoms with E-state index in [4.69, 9.17) is 9.47 Å². The number of ether oxygens (including phenoxy) is 2. The number of urea groups is 1. The van der Waals surface area contributed by atoms with Crippen LogP contribution in [0.15, 0.2) is 90.3 Å². The molecule has 2 heterocycles. The third kappa shape index (κ3) is 6.89. The van der Waals surface area contributed by atoms with Gasteiger partial charge >= 0.3 is 6.03 Å². The van der Waals surface area contributed by atoms with Gasteiger partial charge in [0.2, 0.25) is 0 Å². The molecule has 4 atom stereocenters. The number of thioether (sulfide) groups is 1. The van der Waals surface area contributed by atoms with Gasteiger partial charge in [0.05, 0.1) is 18.8 Å². The third-order valence-electron chi connectivity index (χ3n) is 6.91. The summed E-state index contributed by atoms with van der Waals surface area (Å²) in [4.78, 5) is 12.4. The molecule has 0 saturated carbocycles. The lowest BCUT2D eigenvalue weighted by Crippen LogP contribution is -2.38. The number of amides is 2. The normalized spacial score (nSPS) is 20.7. The minimum absolute atomic E-state index is 0.00524. The van der Waals surface area contributed by atoms with Gasteiger partial charge in [-0.2, -0.15) is 0 Å². The second-order valence-corrected chi connectivity index (χ2v) is 10.8. The van der Waals surface area contributed by atoms with E-state index < -0.39 is 6.29 Å². The van der Waals surface area contributed by atoms with Crippen molar-refractivity contribution in [3.05, 3.63) is 107 Å². The maximum Gasteiger partial charge on any atom is 0.319 e. The van der Waals surface area contributed by atoms with Crippen LogP contribution in [0.5, 0.6) is 0 Å². The summed E-state index contributed by atoms with van der Waals surface area (Å²) in [5.74, 6) is 0.742. The lowest BCUT2D eigenvalue weighted by atomic mass is 9.91. The number of hydrogen-bond donors (Lipinski definition) is 3. The van der Waals surface area contributed by atoms with Crippen LogP contribution in [-0.4, -0.2) is 37.8 Å². The van der Waals surface area contributed by atoms with E-state index in [0.29, 0.717) is 18.0 Å². The summed E-state index contributed by atoms with van der Waals surface area (Å²) < 4.78 is 14.9. The summed E-state index contributed by atoms with van der Waals surface area (Å²) in [6, 6.07) is 24.8. The first-order valence-corrected chi connectivity index (χ1v) is 14.1. The van der Waals surface area contributed by atoms with Crippen molar-refractivity contribution in [2.75, 3.05) is 11.1 Å². The molecule has 0 spiro atoms. The molecule has 1 aliphatic heterocycles. The summed E-state index contributed by atoms with van der Waals surface area (Å²) in [6.07, 6.45) is 0.759. The van der Waals surface area contributed by atoms with E-state index >= 15 is 0 Å². The Kier molecular flexibility index (Phi) is 9.12. The summed E-state index contributed by atoms with van der Waals surface area (Å²) in [7, 11) is 1.92. The van der Waals surface area contributed by atoms with Crippen LogP contribution in [0.3, 0.4) is 0 Å². The molecule has 1 saturated heterocycles. The van der Waals surface area contributed by atoms with Crippen molar-refractivity contribution >= 4 is 23.5 Å². The van der Waals surface area contributed by atoms with Crippen molar-refractivity contribution in [3.63, 3.8) is 0 Å². The van der Waals surface area contributed by atoms with Crippen LogP contribution in [-0.2, 0) is 29.7 Å². The molecule has 3 aromatic carbocycles.